The molecule has 2 saturated heterocycles. The van der Waals surface area contributed by atoms with Gasteiger partial charge in [0.15, 0.2) is 5.54 Å². The highest BCUT2D eigenvalue weighted by Gasteiger charge is 2.57. The first-order valence-corrected chi connectivity index (χ1v) is 7.57. The molecule has 3 rings (SSSR count). The molecule has 0 aliphatic carbocycles. The number of hydrogen-bond acceptors (Lipinski definition) is 5. The molecule has 0 radical (unpaired) electrons. The molecule has 3 amide bonds. The van der Waals surface area contributed by atoms with Crippen LogP contribution in [-0.4, -0.2) is 53.2 Å². The van der Waals surface area contributed by atoms with Crippen molar-refractivity contribution in [2.75, 3.05) is 26.2 Å². The van der Waals surface area contributed by atoms with Gasteiger partial charge in [0.2, 0.25) is 0 Å². The van der Waals surface area contributed by atoms with Gasteiger partial charge in [-0.05, 0) is 44.0 Å². The minimum absolute atomic E-state index is 0. The number of hydrogen-bond donors (Lipinski definition) is 3. The third-order valence-electron chi connectivity index (χ3n) is 4.48. The number of nitrogens with zero attached hydrogens (tertiary/aromatic N) is 2. The van der Waals surface area contributed by atoms with Crippen molar-refractivity contribution in [1.82, 2.24) is 20.5 Å². The molecule has 2 aliphatic rings. The predicted octanol–water partition coefficient (Wildman–Crippen LogP) is 0.242. The molecule has 2 aliphatic heterocycles. The van der Waals surface area contributed by atoms with E-state index in [0.717, 1.165) is 30.8 Å². The third-order valence-corrected chi connectivity index (χ3v) is 4.48. The monoisotopic (exact) mass is 340 g/mol. The number of β-amino-alcohol motifs (C(OH)–C–C–N with tert-alkyl or cyclic N) is 1. The van der Waals surface area contributed by atoms with Gasteiger partial charge in [0.1, 0.15) is 0 Å². The lowest BCUT2D eigenvalue weighted by atomic mass is 9.75. The van der Waals surface area contributed by atoms with Crippen LogP contribution < -0.4 is 10.6 Å². The van der Waals surface area contributed by atoms with Crippen molar-refractivity contribution in [3.8, 4) is 0 Å². The van der Waals surface area contributed by atoms with Crippen molar-refractivity contribution in [2.24, 2.45) is 5.92 Å². The second-order valence-corrected chi connectivity index (χ2v) is 5.66. The molecule has 1 atom stereocenters. The van der Waals surface area contributed by atoms with Gasteiger partial charge in [-0.25, -0.2) is 4.79 Å². The number of nitrogens with one attached hydrogen (secondary N) is 2. The van der Waals surface area contributed by atoms with Crippen LogP contribution in [0.3, 0.4) is 0 Å². The van der Waals surface area contributed by atoms with Crippen LogP contribution in [0.4, 0.5) is 4.79 Å². The van der Waals surface area contributed by atoms with Gasteiger partial charge < -0.3 is 15.7 Å². The average Bonchev–Trinajstić information content (AvgIpc) is 2.82. The minimum atomic E-state index is -1.12. The fourth-order valence-electron chi connectivity index (χ4n) is 3.41. The molecule has 1 unspecified atom stereocenters. The molecule has 1 aromatic rings. The molecule has 23 heavy (non-hydrogen) atoms. The molecule has 3 N–H and O–H groups in total. The summed E-state index contributed by atoms with van der Waals surface area (Å²) in [5.74, 6) is -0.319. The Balaban J connectivity index is 0.00000192. The van der Waals surface area contributed by atoms with E-state index in [1.807, 2.05) is 6.07 Å². The quantitative estimate of drug-likeness (QED) is 0.683. The Morgan fingerprint density at radius 3 is 2.65 bits per heavy atom. The zero-order chi connectivity index (χ0) is 15.6. The maximum Gasteiger partial charge on any atom is 0.325 e. The predicted molar refractivity (Wildman–Crippen MR) is 86.1 cm³/mol. The van der Waals surface area contributed by atoms with Crippen LogP contribution >= 0.6 is 12.4 Å². The van der Waals surface area contributed by atoms with Crippen LogP contribution in [0.2, 0.25) is 0 Å². The number of amides is 3. The first kappa shape index (κ1) is 17.7. The molecule has 1 aromatic heterocycles. The van der Waals surface area contributed by atoms with Crippen LogP contribution in [0, 0.1) is 5.92 Å². The number of urea groups is 1. The number of aliphatic hydroxyl groups excluding tert-OH is 1. The summed E-state index contributed by atoms with van der Waals surface area (Å²) in [4.78, 5) is 30.7. The van der Waals surface area contributed by atoms with E-state index in [9.17, 15) is 9.59 Å². The van der Waals surface area contributed by atoms with Gasteiger partial charge in [-0.3, -0.25) is 14.7 Å². The molecule has 3 heterocycles. The second-order valence-electron chi connectivity index (χ2n) is 5.66. The van der Waals surface area contributed by atoms with Crippen LogP contribution in [0.1, 0.15) is 18.5 Å². The number of piperidine rings is 1. The first-order valence-electron chi connectivity index (χ1n) is 7.57. The Morgan fingerprint density at radius 1 is 1.30 bits per heavy atom. The minimum Gasteiger partial charge on any atom is -0.395 e. The Hall–Kier alpha value is -1.70. The molecule has 0 spiro atoms. The van der Waals surface area contributed by atoms with Crippen molar-refractivity contribution in [3.05, 3.63) is 30.1 Å². The van der Waals surface area contributed by atoms with Gasteiger partial charge in [-0.15, -0.1) is 12.4 Å². The molecule has 0 saturated carbocycles. The maximum atomic E-state index is 13.0. The van der Waals surface area contributed by atoms with E-state index >= 15 is 0 Å². The molecular weight excluding hydrogens is 320 g/mol. The Bertz CT molecular complexity index is 565. The van der Waals surface area contributed by atoms with Crippen molar-refractivity contribution in [2.45, 2.75) is 18.4 Å². The van der Waals surface area contributed by atoms with E-state index in [4.69, 9.17) is 5.11 Å². The standard InChI is InChI=1S/C15H20N4O3.ClH/c20-10-9-19-13(21)15(18-14(19)22,11-4-7-16-8-5-11)12-3-1-2-6-17-12;/h1-3,6,11,16,20H,4-5,7-10H2,(H,18,22);1H. The number of pyridine rings is 1. The average molecular weight is 341 g/mol. The van der Waals surface area contributed by atoms with Crippen LogP contribution in [0.5, 0.6) is 0 Å². The molecule has 126 valence electrons. The third kappa shape index (κ3) is 2.91. The van der Waals surface area contributed by atoms with E-state index in [-0.39, 0.29) is 37.4 Å². The highest BCUT2D eigenvalue weighted by molar-refractivity contribution is 6.07. The summed E-state index contributed by atoms with van der Waals surface area (Å²) in [6, 6.07) is 4.93. The molecule has 8 heteroatoms. The topological polar surface area (TPSA) is 94.6 Å². The van der Waals surface area contributed by atoms with Gasteiger partial charge in [-0.1, -0.05) is 6.07 Å². The SMILES string of the molecule is Cl.O=C1NC(c2ccccn2)(C2CCNCC2)C(=O)N1CCO. The highest BCUT2D eigenvalue weighted by atomic mass is 35.5. The lowest BCUT2D eigenvalue weighted by Crippen LogP contribution is -2.53. The molecule has 0 bridgehead atoms. The number of aromatic nitrogens is 1. The Morgan fingerprint density at radius 2 is 2.04 bits per heavy atom. The van der Waals surface area contributed by atoms with Gasteiger partial charge in [0, 0.05) is 6.20 Å². The summed E-state index contributed by atoms with van der Waals surface area (Å²) in [6.45, 7) is 1.37. The summed E-state index contributed by atoms with van der Waals surface area (Å²) in [5, 5.41) is 15.3. The summed E-state index contributed by atoms with van der Waals surface area (Å²) in [7, 11) is 0. The zero-order valence-corrected chi connectivity index (χ0v) is 13.5. The molecule has 7 nitrogen and oxygen atoms in total. The van der Waals surface area contributed by atoms with Crippen molar-refractivity contribution in [3.63, 3.8) is 0 Å². The van der Waals surface area contributed by atoms with Crippen LogP contribution in [0.25, 0.3) is 0 Å². The zero-order valence-electron chi connectivity index (χ0n) is 12.7. The largest absolute Gasteiger partial charge is 0.395 e. The van der Waals surface area contributed by atoms with Gasteiger partial charge >= 0.3 is 6.03 Å². The van der Waals surface area contributed by atoms with E-state index in [1.54, 1.807) is 18.3 Å². The lowest BCUT2D eigenvalue weighted by Gasteiger charge is -2.37. The van der Waals surface area contributed by atoms with Gasteiger partial charge in [0.05, 0.1) is 18.8 Å². The van der Waals surface area contributed by atoms with E-state index in [2.05, 4.69) is 15.6 Å². The lowest BCUT2D eigenvalue weighted by molar-refractivity contribution is -0.134. The van der Waals surface area contributed by atoms with Crippen molar-refractivity contribution >= 4 is 24.3 Å². The maximum absolute atomic E-state index is 13.0. The smallest absolute Gasteiger partial charge is 0.325 e. The van der Waals surface area contributed by atoms with Crippen molar-refractivity contribution < 1.29 is 14.7 Å². The fourth-order valence-corrected chi connectivity index (χ4v) is 3.41. The van der Waals surface area contributed by atoms with Crippen LogP contribution in [0.15, 0.2) is 24.4 Å². The van der Waals surface area contributed by atoms with E-state index in [1.165, 1.54) is 0 Å². The molecular formula is C15H21ClN4O3. The second kappa shape index (κ2) is 7.25. The number of imide groups is 1. The summed E-state index contributed by atoms with van der Waals surface area (Å²) >= 11 is 0. The Kier molecular flexibility index (Phi) is 5.56. The summed E-state index contributed by atoms with van der Waals surface area (Å²) < 4.78 is 0. The number of carbonyl (C=O) groups excluding carboxylic acids is 2. The number of carbonyl (C=O) groups is 2. The highest BCUT2D eigenvalue weighted by Crippen LogP contribution is 2.39. The van der Waals surface area contributed by atoms with E-state index < -0.39 is 11.6 Å². The number of halogens is 1. The number of rotatable bonds is 4. The van der Waals surface area contributed by atoms with Crippen LogP contribution in [-0.2, 0) is 10.3 Å². The van der Waals surface area contributed by atoms with E-state index in [0.29, 0.717) is 5.69 Å². The van der Waals surface area contributed by atoms with Gasteiger partial charge in [-0.2, -0.15) is 0 Å². The fraction of sp³-hybridized carbons (Fsp3) is 0.533. The number of aliphatic hydroxyl groups is 1. The summed E-state index contributed by atoms with van der Waals surface area (Å²) in [6.07, 6.45) is 3.21. The van der Waals surface area contributed by atoms with Gasteiger partial charge in [0.25, 0.3) is 5.91 Å². The first-order chi connectivity index (χ1) is 10.7. The molecule has 0 aromatic carbocycles. The summed E-state index contributed by atoms with van der Waals surface area (Å²) in [5.41, 5.74) is -0.545. The Labute approximate surface area is 140 Å². The molecule has 2 fully saturated rings. The van der Waals surface area contributed by atoms with Crippen molar-refractivity contribution in [1.29, 1.82) is 0 Å². The normalized spacial score (nSPS) is 25.2.